The Hall–Kier alpha value is -3.04. The van der Waals surface area contributed by atoms with Gasteiger partial charge in [-0.2, -0.15) is 0 Å². The number of esters is 1. The molecule has 0 radical (unpaired) electrons. The van der Waals surface area contributed by atoms with Crippen molar-refractivity contribution in [3.05, 3.63) is 58.7 Å². The van der Waals surface area contributed by atoms with E-state index < -0.39 is 18.4 Å². The molecule has 0 amide bonds. The zero-order valence-corrected chi connectivity index (χ0v) is 20.4. The summed E-state index contributed by atoms with van der Waals surface area (Å²) in [6, 6.07) is 9.98. The number of rotatable bonds is 12. The highest BCUT2D eigenvalue weighted by atomic mass is 19.4. The molecule has 1 aliphatic carbocycles. The third kappa shape index (κ3) is 7.73. The van der Waals surface area contributed by atoms with Gasteiger partial charge in [0.05, 0.1) is 13.2 Å². The highest BCUT2D eigenvalue weighted by molar-refractivity contribution is 5.88. The van der Waals surface area contributed by atoms with E-state index in [4.69, 9.17) is 20.9 Å². The Balaban J connectivity index is 1.65. The maximum Gasteiger partial charge on any atom is 0.573 e. The van der Waals surface area contributed by atoms with Crippen molar-refractivity contribution in [2.75, 3.05) is 19.8 Å². The van der Waals surface area contributed by atoms with E-state index in [0.29, 0.717) is 43.6 Å². The predicted molar refractivity (Wildman–Crippen MR) is 132 cm³/mol. The first-order valence-corrected chi connectivity index (χ1v) is 12.2. The average Bonchev–Trinajstić information content (AvgIpc) is 2.86. The summed E-state index contributed by atoms with van der Waals surface area (Å²) in [6.07, 6.45) is 1.26. The molecule has 3 rings (SSSR count). The lowest BCUT2D eigenvalue weighted by atomic mass is 9.87. The number of nitrogens with two attached hydrogens (primary N) is 2. The summed E-state index contributed by atoms with van der Waals surface area (Å²) in [5.74, 6) is 0.0111. The fourth-order valence-electron chi connectivity index (χ4n) is 4.03. The number of aryl methyl sites for hydroxylation is 2. The van der Waals surface area contributed by atoms with Crippen LogP contribution in [0.25, 0.3) is 11.6 Å². The second kappa shape index (κ2) is 12.8. The van der Waals surface area contributed by atoms with Gasteiger partial charge < -0.3 is 25.7 Å². The number of hydrogen-bond acceptors (Lipinski definition) is 6. The summed E-state index contributed by atoms with van der Waals surface area (Å²) in [7, 11) is 0. The molecule has 0 aromatic heterocycles. The van der Waals surface area contributed by atoms with Crippen LogP contribution in [0.4, 0.5) is 13.2 Å². The number of benzene rings is 2. The molecule has 0 aliphatic heterocycles. The molecule has 1 atom stereocenters. The van der Waals surface area contributed by atoms with Crippen molar-refractivity contribution in [3.8, 4) is 11.5 Å². The lowest BCUT2D eigenvalue weighted by Crippen LogP contribution is -2.39. The maximum absolute atomic E-state index is 13.1. The smallest absolute Gasteiger partial charge is 0.493 e. The molecule has 0 saturated heterocycles. The topological polar surface area (TPSA) is 96.8 Å². The van der Waals surface area contributed by atoms with E-state index in [1.165, 1.54) is 6.07 Å². The van der Waals surface area contributed by atoms with Crippen molar-refractivity contribution in [3.63, 3.8) is 0 Å². The van der Waals surface area contributed by atoms with E-state index >= 15 is 0 Å². The summed E-state index contributed by atoms with van der Waals surface area (Å²) < 4.78 is 54.7. The number of unbranched alkanes of at least 4 members (excludes halogenated alkanes) is 2. The van der Waals surface area contributed by atoms with Gasteiger partial charge in [0, 0.05) is 17.7 Å². The highest BCUT2D eigenvalue weighted by Crippen LogP contribution is 2.40. The van der Waals surface area contributed by atoms with Crippen molar-refractivity contribution >= 4 is 17.6 Å². The second-order valence-electron chi connectivity index (χ2n) is 8.65. The van der Waals surface area contributed by atoms with Crippen LogP contribution in [0, 0.1) is 0 Å². The fourth-order valence-corrected chi connectivity index (χ4v) is 4.03. The van der Waals surface area contributed by atoms with E-state index in [1.807, 2.05) is 37.3 Å². The standard InChI is InChI=1S/C27H33F3N2O4/c1-2-18-9-12-21(25(15-18)36-27(28,29)30)20-11-10-19-7-6-8-24(22(19)16-20)34-13-4-3-5-14-35-26(33)23(32)17-31/h6-9,12,15-16,23H,2-5,10-11,13-14,17,31-32H2,1H3. The molecule has 0 heterocycles. The van der Waals surface area contributed by atoms with Crippen molar-refractivity contribution in [1.82, 2.24) is 0 Å². The highest BCUT2D eigenvalue weighted by Gasteiger charge is 2.33. The Bertz CT molecular complexity index is 1070. The van der Waals surface area contributed by atoms with E-state index in [2.05, 4.69) is 4.74 Å². The van der Waals surface area contributed by atoms with Crippen LogP contribution >= 0.6 is 0 Å². The number of hydrogen-bond donors (Lipinski definition) is 2. The average molecular weight is 507 g/mol. The van der Waals surface area contributed by atoms with E-state index in [0.717, 1.165) is 35.1 Å². The number of ether oxygens (including phenoxy) is 3. The van der Waals surface area contributed by atoms with Gasteiger partial charge in [-0.15, -0.1) is 13.2 Å². The summed E-state index contributed by atoms with van der Waals surface area (Å²) >= 11 is 0. The number of carbonyl (C=O) groups excluding carboxylic acids is 1. The van der Waals surface area contributed by atoms with Gasteiger partial charge in [0.1, 0.15) is 17.5 Å². The molecule has 196 valence electrons. The largest absolute Gasteiger partial charge is 0.573 e. The normalized spacial score (nSPS) is 14.0. The van der Waals surface area contributed by atoms with Crippen molar-refractivity contribution in [1.29, 1.82) is 0 Å². The summed E-state index contributed by atoms with van der Waals surface area (Å²) in [5.41, 5.74) is 14.8. The van der Waals surface area contributed by atoms with Crippen LogP contribution in [0.3, 0.4) is 0 Å². The summed E-state index contributed by atoms with van der Waals surface area (Å²) in [6.45, 7) is 2.67. The maximum atomic E-state index is 13.1. The van der Waals surface area contributed by atoms with Crippen LogP contribution in [0.1, 0.15) is 54.9 Å². The monoisotopic (exact) mass is 506 g/mol. The van der Waals surface area contributed by atoms with Gasteiger partial charge in [0.25, 0.3) is 0 Å². The summed E-state index contributed by atoms with van der Waals surface area (Å²) in [5, 5.41) is 0. The van der Waals surface area contributed by atoms with Crippen LogP contribution < -0.4 is 20.9 Å². The second-order valence-corrected chi connectivity index (χ2v) is 8.65. The van der Waals surface area contributed by atoms with Gasteiger partial charge in [0.2, 0.25) is 0 Å². The Kier molecular flexibility index (Phi) is 9.78. The minimum atomic E-state index is -4.77. The molecule has 4 N–H and O–H groups in total. The molecule has 0 spiro atoms. The molecule has 36 heavy (non-hydrogen) atoms. The van der Waals surface area contributed by atoms with Gasteiger partial charge in [-0.25, -0.2) is 0 Å². The third-order valence-electron chi connectivity index (χ3n) is 6.01. The number of fused-ring (bicyclic) bond motifs is 1. The fraction of sp³-hybridized carbons (Fsp3) is 0.444. The predicted octanol–water partition coefficient (Wildman–Crippen LogP) is 5.01. The van der Waals surface area contributed by atoms with Crippen molar-refractivity contribution in [2.24, 2.45) is 11.5 Å². The van der Waals surface area contributed by atoms with Crippen LogP contribution in [-0.2, 0) is 22.4 Å². The first-order chi connectivity index (χ1) is 17.2. The molecule has 1 unspecified atom stereocenters. The third-order valence-corrected chi connectivity index (χ3v) is 6.01. The molecule has 0 saturated carbocycles. The molecule has 9 heteroatoms. The first-order valence-electron chi connectivity index (χ1n) is 12.2. The Morgan fingerprint density at radius 3 is 2.56 bits per heavy atom. The number of carbonyl (C=O) groups is 1. The molecule has 0 bridgehead atoms. The lowest BCUT2D eigenvalue weighted by Gasteiger charge is -2.22. The van der Waals surface area contributed by atoms with Crippen molar-refractivity contribution in [2.45, 2.75) is 57.9 Å². The van der Waals surface area contributed by atoms with Gasteiger partial charge in [0.15, 0.2) is 0 Å². The number of alkyl halides is 3. The molecular formula is C27H33F3N2O4. The van der Waals surface area contributed by atoms with Crippen LogP contribution in [0.2, 0.25) is 0 Å². The SMILES string of the molecule is CCc1ccc(C2=Cc3c(cccc3OCCCCCOC(=O)C(N)CN)CC2)c(OC(F)(F)F)c1. The Labute approximate surface area is 209 Å². The van der Waals surface area contributed by atoms with Gasteiger partial charge in [-0.3, -0.25) is 4.79 Å². The van der Waals surface area contributed by atoms with Gasteiger partial charge in [-0.1, -0.05) is 31.2 Å². The van der Waals surface area contributed by atoms with Crippen LogP contribution in [0.5, 0.6) is 11.5 Å². The van der Waals surface area contributed by atoms with Crippen LogP contribution in [-0.4, -0.2) is 38.1 Å². The molecule has 0 fully saturated rings. The van der Waals surface area contributed by atoms with E-state index in [-0.39, 0.29) is 18.9 Å². The first kappa shape index (κ1) is 27.5. The molecule has 6 nitrogen and oxygen atoms in total. The van der Waals surface area contributed by atoms with Gasteiger partial charge in [-0.05, 0) is 73.4 Å². The number of allylic oxidation sites excluding steroid dienone is 1. The molecule has 1 aliphatic rings. The minimum Gasteiger partial charge on any atom is -0.493 e. The zero-order chi connectivity index (χ0) is 26.1. The Morgan fingerprint density at radius 1 is 1.06 bits per heavy atom. The summed E-state index contributed by atoms with van der Waals surface area (Å²) in [4.78, 5) is 11.5. The minimum absolute atomic E-state index is 0.0466. The van der Waals surface area contributed by atoms with Gasteiger partial charge >= 0.3 is 12.3 Å². The van der Waals surface area contributed by atoms with E-state index in [1.54, 1.807) is 6.07 Å². The Morgan fingerprint density at radius 2 is 1.83 bits per heavy atom. The molecular weight excluding hydrogens is 473 g/mol. The molecule has 2 aromatic carbocycles. The lowest BCUT2D eigenvalue weighted by molar-refractivity contribution is -0.274. The quantitative estimate of drug-likeness (QED) is 0.310. The number of halogens is 3. The van der Waals surface area contributed by atoms with E-state index in [9.17, 15) is 18.0 Å². The van der Waals surface area contributed by atoms with Crippen molar-refractivity contribution < 1.29 is 32.2 Å². The zero-order valence-electron chi connectivity index (χ0n) is 20.4. The molecule has 2 aromatic rings. The van der Waals surface area contributed by atoms with Crippen LogP contribution in [0.15, 0.2) is 36.4 Å².